The second kappa shape index (κ2) is 5.28. The van der Waals surface area contributed by atoms with Crippen molar-refractivity contribution in [2.24, 2.45) is 0 Å². The fraction of sp³-hybridized carbons (Fsp3) is 0.556. The maximum Gasteiger partial charge on any atom is 0.304 e. The first-order valence-corrected chi connectivity index (χ1v) is 6.57. The normalized spacial score (nSPS) is 11.6. The van der Waals surface area contributed by atoms with Crippen LogP contribution in [0.4, 0.5) is 0 Å². The lowest BCUT2D eigenvalue weighted by atomic mass is 10.4. The molecule has 0 saturated heterocycles. The molecule has 96 valence electrons. The molecular formula is C9H14N2O5S. The fourth-order valence-electron chi connectivity index (χ4n) is 1.08. The Balaban J connectivity index is 2.52. The quantitative estimate of drug-likeness (QED) is 0.757. The van der Waals surface area contributed by atoms with Crippen LogP contribution in [0.2, 0.25) is 0 Å². The number of carboxylic acids is 1. The first-order valence-electron chi connectivity index (χ1n) is 4.92. The van der Waals surface area contributed by atoms with Crippen LogP contribution in [0.3, 0.4) is 0 Å². The van der Waals surface area contributed by atoms with Gasteiger partial charge in [0, 0.05) is 0 Å². The van der Waals surface area contributed by atoms with Crippen LogP contribution in [0, 0.1) is 13.8 Å². The van der Waals surface area contributed by atoms with Gasteiger partial charge in [-0.3, -0.25) is 4.79 Å². The highest BCUT2D eigenvalue weighted by molar-refractivity contribution is 7.89. The molecule has 0 fully saturated rings. The third-order valence-corrected chi connectivity index (χ3v) is 3.43. The standard InChI is InChI=1S/C9H14N2O5S/c1-6-7(2)16-8(11-6)5-10-17(14,15)4-3-9(12)13/h10H,3-5H2,1-2H3,(H,12,13). The van der Waals surface area contributed by atoms with Crippen molar-refractivity contribution in [3.8, 4) is 0 Å². The van der Waals surface area contributed by atoms with E-state index in [2.05, 4.69) is 9.71 Å². The van der Waals surface area contributed by atoms with E-state index in [4.69, 9.17) is 9.52 Å². The van der Waals surface area contributed by atoms with E-state index in [-0.39, 0.29) is 12.4 Å². The number of rotatable bonds is 6. The Morgan fingerprint density at radius 1 is 1.47 bits per heavy atom. The Bertz CT molecular complexity index is 486. The van der Waals surface area contributed by atoms with Crippen molar-refractivity contribution in [3.63, 3.8) is 0 Å². The summed E-state index contributed by atoms with van der Waals surface area (Å²) in [4.78, 5) is 14.2. The summed E-state index contributed by atoms with van der Waals surface area (Å²) < 4.78 is 30.1. The van der Waals surface area contributed by atoms with E-state index in [1.54, 1.807) is 13.8 Å². The zero-order valence-electron chi connectivity index (χ0n) is 9.56. The number of carbonyl (C=O) groups is 1. The highest BCUT2D eigenvalue weighted by atomic mass is 32.2. The van der Waals surface area contributed by atoms with Crippen molar-refractivity contribution >= 4 is 16.0 Å². The number of aryl methyl sites for hydroxylation is 2. The molecule has 0 atom stereocenters. The number of aromatic nitrogens is 1. The molecule has 0 saturated carbocycles. The van der Waals surface area contributed by atoms with E-state index < -0.39 is 28.2 Å². The van der Waals surface area contributed by atoms with E-state index in [1.165, 1.54) is 0 Å². The molecule has 0 aliphatic rings. The summed E-state index contributed by atoms with van der Waals surface area (Å²) in [6, 6.07) is 0. The molecule has 1 heterocycles. The zero-order chi connectivity index (χ0) is 13.1. The van der Waals surface area contributed by atoms with Gasteiger partial charge in [-0.2, -0.15) is 0 Å². The summed E-state index contributed by atoms with van der Waals surface area (Å²) in [5.41, 5.74) is 0.699. The van der Waals surface area contributed by atoms with E-state index in [1.807, 2.05) is 0 Å². The maximum atomic E-state index is 11.4. The van der Waals surface area contributed by atoms with Crippen molar-refractivity contribution in [2.75, 3.05) is 5.75 Å². The van der Waals surface area contributed by atoms with Gasteiger partial charge < -0.3 is 9.52 Å². The van der Waals surface area contributed by atoms with Gasteiger partial charge in [0.15, 0.2) is 0 Å². The highest BCUT2D eigenvalue weighted by Gasteiger charge is 2.14. The van der Waals surface area contributed by atoms with Crippen molar-refractivity contribution < 1.29 is 22.7 Å². The van der Waals surface area contributed by atoms with Crippen LogP contribution in [0.5, 0.6) is 0 Å². The molecule has 1 rings (SSSR count). The van der Waals surface area contributed by atoms with Crippen LogP contribution in [0.1, 0.15) is 23.8 Å². The predicted molar refractivity (Wildman–Crippen MR) is 58.9 cm³/mol. The molecule has 2 N–H and O–H groups in total. The number of hydrogen-bond acceptors (Lipinski definition) is 5. The van der Waals surface area contributed by atoms with Crippen LogP contribution >= 0.6 is 0 Å². The van der Waals surface area contributed by atoms with E-state index >= 15 is 0 Å². The summed E-state index contributed by atoms with van der Waals surface area (Å²) in [7, 11) is -3.61. The van der Waals surface area contributed by atoms with Crippen molar-refractivity contribution in [1.29, 1.82) is 0 Å². The lowest BCUT2D eigenvalue weighted by Gasteiger charge is -2.02. The molecular weight excluding hydrogens is 248 g/mol. The molecule has 0 aliphatic heterocycles. The van der Waals surface area contributed by atoms with Crippen LogP contribution in [0.15, 0.2) is 4.42 Å². The molecule has 1 aromatic rings. The summed E-state index contributed by atoms with van der Waals surface area (Å²) in [6.07, 6.45) is -0.432. The molecule has 8 heteroatoms. The number of nitrogens with zero attached hydrogens (tertiary/aromatic N) is 1. The highest BCUT2D eigenvalue weighted by Crippen LogP contribution is 2.08. The first-order chi connectivity index (χ1) is 7.80. The number of aliphatic carboxylic acids is 1. The Kier molecular flexibility index (Phi) is 4.24. The van der Waals surface area contributed by atoms with Gasteiger partial charge in [-0.25, -0.2) is 18.1 Å². The second-order valence-electron chi connectivity index (χ2n) is 3.53. The Hall–Kier alpha value is -1.41. The van der Waals surface area contributed by atoms with Crippen LogP contribution in [-0.2, 0) is 21.4 Å². The van der Waals surface area contributed by atoms with E-state index in [0.717, 1.165) is 0 Å². The molecule has 17 heavy (non-hydrogen) atoms. The molecule has 7 nitrogen and oxygen atoms in total. The molecule has 1 aromatic heterocycles. The lowest BCUT2D eigenvalue weighted by Crippen LogP contribution is -2.27. The molecule has 0 bridgehead atoms. The minimum Gasteiger partial charge on any atom is -0.481 e. The largest absolute Gasteiger partial charge is 0.481 e. The first kappa shape index (κ1) is 13.7. The van der Waals surface area contributed by atoms with Gasteiger partial charge in [0.1, 0.15) is 5.76 Å². The molecule has 0 unspecified atom stereocenters. The van der Waals surface area contributed by atoms with Gasteiger partial charge in [-0.15, -0.1) is 0 Å². The summed E-state index contributed by atoms with van der Waals surface area (Å²) in [6.45, 7) is 3.41. The number of oxazole rings is 1. The van der Waals surface area contributed by atoms with Gasteiger partial charge >= 0.3 is 5.97 Å². The number of hydrogen-bond donors (Lipinski definition) is 2. The van der Waals surface area contributed by atoms with Crippen LogP contribution < -0.4 is 4.72 Å². The SMILES string of the molecule is Cc1nc(CNS(=O)(=O)CCC(=O)O)oc1C. The third kappa shape index (κ3) is 4.53. The van der Waals surface area contributed by atoms with Crippen molar-refractivity contribution in [2.45, 2.75) is 26.8 Å². The minimum absolute atomic E-state index is 0.0728. The summed E-state index contributed by atoms with van der Waals surface area (Å²) in [5, 5.41) is 8.38. The van der Waals surface area contributed by atoms with Crippen molar-refractivity contribution in [1.82, 2.24) is 9.71 Å². The van der Waals surface area contributed by atoms with Gasteiger partial charge in [-0.1, -0.05) is 0 Å². The minimum atomic E-state index is -3.61. The smallest absolute Gasteiger partial charge is 0.304 e. The van der Waals surface area contributed by atoms with Gasteiger partial charge in [0.2, 0.25) is 15.9 Å². The van der Waals surface area contributed by atoms with Gasteiger partial charge in [0.05, 0.1) is 24.4 Å². The number of sulfonamides is 1. The monoisotopic (exact) mass is 262 g/mol. The van der Waals surface area contributed by atoms with Crippen LogP contribution in [0.25, 0.3) is 0 Å². The molecule has 0 spiro atoms. The van der Waals surface area contributed by atoms with E-state index in [0.29, 0.717) is 11.5 Å². The summed E-state index contributed by atoms with van der Waals surface area (Å²) >= 11 is 0. The second-order valence-corrected chi connectivity index (χ2v) is 5.46. The molecule has 0 amide bonds. The fourth-order valence-corrected chi connectivity index (χ4v) is 2.01. The third-order valence-electron chi connectivity index (χ3n) is 2.10. The Labute approximate surface area is 98.9 Å². The Morgan fingerprint density at radius 2 is 2.12 bits per heavy atom. The molecule has 0 radical (unpaired) electrons. The zero-order valence-corrected chi connectivity index (χ0v) is 10.4. The number of nitrogens with one attached hydrogen (secondary N) is 1. The molecule has 0 aromatic carbocycles. The molecule has 0 aliphatic carbocycles. The van der Waals surface area contributed by atoms with Crippen molar-refractivity contribution in [3.05, 3.63) is 17.3 Å². The van der Waals surface area contributed by atoms with Crippen LogP contribution in [-0.4, -0.2) is 30.2 Å². The Morgan fingerprint density at radius 3 is 2.59 bits per heavy atom. The average molecular weight is 262 g/mol. The number of carboxylic acid groups (broad SMARTS) is 1. The maximum absolute atomic E-state index is 11.4. The predicted octanol–water partition coefficient (Wildman–Crippen LogP) is 0.186. The topological polar surface area (TPSA) is 110 Å². The average Bonchev–Trinajstić information content (AvgIpc) is 2.53. The summed E-state index contributed by atoms with van der Waals surface area (Å²) in [5.74, 6) is -0.720. The van der Waals surface area contributed by atoms with Gasteiger partial charge in [-0.05, 0) is 13.8 Å². The van der Waals surface area contributed by atoms with E-state index in [9.17, 15) is 13.2 Å². The van der Waals surface area contributed by atoms with Gasteiger partial charge in [0.25, 0.3) is 0 Å². The lowest BCUT2D eigenvalue weighted by molar-refractivity contribution is -0.136.